The first-order valence-electron chi connectivity index (χ1n) is 4.26. The summed E-state index contributed by atoms with van der Waals surface area (Å²) in [5.41, 5.74) is 6.98. The van der Waals surface area contributed by atoms with Crippen LogP contribution in [0.5, 0.6) is 0 Å². The molecule has 0 saturated heterocycles. The number of rotatable bonds is 3. The first-order chi connectivity index (χ1) is 6.70. The van der Waals surface area contributed by atoms with Gasteiger partial charge in [0.25, 0.3) is 0 Å². The van der Waals surface area contributed by atoms with Crippen molar-refractivity contribution < 1.29 is 9.53 Å². The Hall–Kier alpha value is -1.61. The molecular weight excluding hydrogens is 178 g/mol. The molecule has 2 N–H and O–H groups in total. The van der Waals surface area contributed by atoms with Crippen molar-refractivity contribution in [2.75, 3.05) is 7.11 Å². The first-order valence-corrected chi connectivity index (χ1v) is 4.26. The third-order valence-electron chi connectivity index (χ3n) is 1.98. The molecule has 0 amide bonds. The molecule has 1 aromatic rings. The summed E-state index contributed by atoms with van der Waals surface area (Å²) in [4.78, 5) is 11.3. The second kappa shape index (κ2) is 4.58. The summed E-state index contributed by atoms with van der Waals surface area (Å²) in [5, 5.41) is 0. The second-order valence-electron chi connectivity index (χ2n) is 2.84. The van der Waals surface area contributed by atoms with Crippen molar-refractivity contribution in [3.05, 3.63) is 48.0 Å². The topological polar surface area (TPSA) is 52.3 Å². The van der Waals surface area contributed by atoms with Crippen LogP contribution in [0.1, 0.15) is 22.0 Å². The summed E-state index contributed by atoms with van der Waals surface area (Å²) < 4.78 is 4.64. The summed E-state index contributed by atoms with van der Waals surface area (Å²) in [7, 11) is 1.35. The maximum Gasteiger partial charge on any atom is 0.338 e. The summed E-state index contributed by atoms with van der Waals surface area (Å²) in [6, 6.07) is 6.73. The molecule has 0 saturated carbocycles. The first kappa shape index (κ1) is 10.5. The molecule has 0 spiro atoms. The predicted molar refractivity (Wildman–Crippen MR) is 54.9 cm³/mol. The van der Waals surface area contributed by atoms with Crippen molar-refractivity contribution >= 4 is 5.97 Å². The van der Waals surface area contributed by atoms with Crippen LogP contribution in [0, 0.1) is 0 Å². The fraction of sp³-hybridized carbons (Fsp3) is 0.182. The van der Waals surface area contributed by atoms with Gasteiger partial charge >= 0.3 is 5.97 Å². The van der Waals surface area contributed by atoms with E-state index in [1.807, 2.05) is 6.07 Å². The summed E-state index contributed by atoms with van der Waals surface area (Å²) in [6.07, 6.45) is 1.59. The Morgan fingerprint density at radius 3 is 2.79 bits per heavy atom. The minimum absolute atomic E-state index is 0.342. The van der Waals surface area contributed by atoms with Crippen LogP contribution >= 0.6 is 0 Å². The lowest BCUT2D eigenvalue weighted by molar-refractivity contribution is 0.0599. The molecule has 0 radical (unpaired) electrons. The third-order valence-corrected chi connectivity index (χ3v) is 1.98. The van der Waals surface area contributed by atoms with Gasteiger partial charge in [-0.1, -0.05) is 24.3 Å². The average molecular weight is 191 g/mol. The Bertz CT molecular complexity index is 347. The minimum Gasteiger partial charge on any atom is -0.465 e. The number of carbonyl (C=O) groups excluding carboxylic acids is 1. The van der Waals surface area contributed by atoms with Gasteiger partial charge in [-0.2, -0.15) is 0 Å². The highest BCUT2D eigenvalue weighted by Crippen LogP contribution is 2.17. The Labute approximate surface area is 83.2 Å². The molecule has 0 fully saturated rings. The van der Waals surface area contributed by atoms with Gasteiger partial charge in [-0.25, -0.2) is 4.79 Å². The number of ether oxygens (including phenoxy) is 1. The largest absolute Gasteiger partial charge is 0.465 e. The zero-order valence-electron chi connectivity index (χ0n) is 8.07. The molecule has 1 aromatic carbocycles. The van der Waals surface area contributed by atoms with E-state index >= 15 is 0 Å². The Morgan fingerprint density at radius 1 is 1.57 bits per heavy atom. The highest BCUT2D eigenvalue weighted by Gasteiger charge is 2.13. The number of benzene rings is 1. The van der Waals surface area contributed by atoms with Gasteiger partial charge in [-0.05, 0) is 11.6 Å². The van der Waals surface area contributed by atoms with Crippen molar-refractivity contribution in [3.63, 3.8) is 0 Å². The van der Waals surface area contributed by atoms with E-state index in [-0.39, 0.29) is 12.0 Å². The van der Waals surface area contributed by atoms with Crippen LogP contribution in [0.4, 0.5) is 0 Å². The standard InChI is InChI=1S/C11H13NO2/c1-3-10(12)8-6-4-5-7-9(8)11(13)14-2/h3-7,10H,1,12H2,2H3/t10-/m0/s1. The summed E-state index contributed by atoms with van der Waals surface area (Å²) >= 11 is 0. The molecule has 0 aliphatic carbocycles. The van der Waals surface area contributed by atoms with Gasteiger partial charge in [-0.3, -0.25) is 0 Å². The molecule has 74 valence electrons. The molecule has 14 heavy (non-hydrogen) atoms. The second-order valence-corrected chi connectivity index (χ2v) is 2.84. The van der Waals surface area contributed by atoms with Gasteiger partial charge < -0.3 is 10.5 Å². The fourth-order valence-corrected chi connectivity index (χ4v) is 1.21. The molecule has 0 unspecified atom stereocenters. The van der Waals surface area contributed by atoms with Gasteiger partial charge in [0.1, 0.15) is 0 Å². The molecule has 0 bridgehead atoms. The van der Waals surface area contributed by atoms with Crippen LogP contribution in [-0.4, -0.2) is 13.1 Å². The van der Waals surface area contributed by atoms with Crippen LogP contribution in [0.3, 0.4) is 0 Å². The van der Waals surface area contributed by atoms with Crippen LogP contribution in [-0.2, 0) is 4.74 Å². The van der Waals surface area contributed by atoms with Crippen LogP contribution < -0.4 is 5.73 Å². The van der Waals surface area contributed by atoms with Gasteiger partial charge in [0.05, 0.1) is 12.7 Å². The van der Waals surface area contributed by atoms with Gasteiger partial charge in [-0.15, -0.1) is 6.58 Å². The SMILES string of the molecule is C=C[C@H](N)c1ccccc1C(=O)OC. The van der Waals surface area contributed by atoms with Gasteiger partial charge in [0.15, 0.2) is 0 Å². The minimum atomic E-state index is -0.377. The number of methoxy groups -OCH3 is 1. The monoisotopic (exact) mass is 191 g/mol. The Morgan fingerprint density at radius 2 is 2.21 bits per heavy atom. The lowest BCUT2D eigenvalue weighted by atomic mass is 10.0. The molecule has 3 nitrogen and oxygen atoms in total. The van der Waals surface area contributed by atoms with Gasteiger partial charge in [0, 0.05) is 6.04 Å². The maximum absolute atomic E-state index is 11.3. The number of carbonyl (C=O) groups is 1. The number of esters is 1. The Kier molecular flexibility index (Phi) is 3.42. The maximum atomic E-state index is 11.3. The lowest BCUT2D eigenvalue weighted by Crippen LogP contribution is -2.13. The fourth-order valence-electron chi connectivity index (χ4n) is 1.21. The highest BCUT2D eigenvalue weighted by molar-refractivity contribution is 5.91. The molecule has 0 aliphatic heterocycles. The van der Waals surface area contributed by atoms with Crippen molar-refractivity contribution in [2.24, 2.45) is 5.73 Å². The van der Waals surface area contributed by atoms with Crippen LogP contribution in [0.25, 0.3) is 0 Å². The number of hydrogen-bond donors (Lipinski definition) is 1. The third kappa shape index (κ3) is 2.00. The van der Waals surface area contributed by atoms with Crippen molar-refractivity contribution in [1.82, 2.24) is 0 Å². The zero-order valence-corrected chi connectivity index (χ0v) is 8.07. The van der Waals surface area contributed by atoms with Crippen molar-refractivity contribution in [2.45, 2.75) is 6.04 Å². The predicted octanol–water partition coefficient (Wildman–Crippen LogP) is 1.66. The average Bonchev–Trinajstić information content (AvgIpc) is 2.27. The van der Waals surface area contributed by atoms with Crippen molar-refractivity contribution in [1.29, 1.82) is 0 Å². The quantitative estimate of drug-likeness (QED) is 0.584. The smallest absolute Gasteiger partial charge is 0.338 e. The van der Waals surface area contributed by atoms with Crippen LogP contribution in [0.2, 0.25) is 0 Å². The molecule has 0 aliphatic rings. The molecular formula is C11H13NO2. The molecule has 3 heteroatoms. The zero-order chi connectivity index (χ0) is 10.6. The van der Waals surface area contributed by atoms with E-state index in [1.54, 1.807) is 24.3 Å². The van der Waals surface area contributed by atoms with Gasteiger partial charge in [0.2, 0.25) is 0 Å². The van der Waals surface area contributed by atoms with E-state index < -0.39 is 0 Å². The molecule has 1 rings (SSSR count). The molecule has 0 heterocycles. The van der Waals surface area contributed by atoms with Crippen LogP contribution in [0.15, 0.2) is 36.9 Å². The van der Waals surface area contributed by atoms with E-state index in [1.165, 1.54) is 7.11 Å². The molecule has 0 aromatic heterocycles. The number of nitrogens with two attached hydrogens (primary N) is 1. The van der Waals surface area contributed by atoms with E-state index in [9.17, 15) is 4.79 Å². The number of hydrogen-bond acceptors (Lipinski definition) is 3. The van der Waals surface area contributed by atoms with E-state index in [2.05, 4.69) is 11.3 Å². The Balaban J connectivity index is 3.15. The van der Waals surface area contributed by atoms with E-state index in [4.69, 9.17) is 5.73 Å². The molecule has 1 atom stereocenters. The normalized spacial score (nSPS) is 11.9. The lowest BCUT2D eigenvalue weighted by Gasteiger charge is -2.10. The summed E-state index contributed by atoms with van der Waals surface area (Å²) in [5.74, 6) is -0.377. The van der Waals surface area contributed by atoms with E-state index in [0.29, 0.717) is 5.56 Å². The summed E-state index contributed by atoms with van der Waals surface area (Å²) in [6.45, 7) is 3.59. The highest BCUT2D eigenvalue weighted by atomic mass is 16.5. The van der Waals surface area contributed by atoms with Crippen molar-refractivity contribution in [3.8, 4) is 0 Å². The van der Waals surface area contributed by atoms with E-state index in [0.717, 1.165) is 5.56 Å².